The molecule has 0 spiro atoms. The Balaban J connectivity index is 1.65. The Morgan fingerprint density at radius 3 is 2.34 bits per heavy atom. The molecule has 1 fully saturated rings. The van der Waals surface area contributed by atoms with Gasteiger partial charge in [-0.3, -0.25) is 15.0 Å². The SMILES string of the molecule is O=C(NO)C1(S(=O)(=O)c2ccc(OCCOc3cccnc3)cc2)CCOCC1. The zero-order chi connectivity index (χ0) is 20.7. The largest absolute Gasteiger partial charge is 0.490 e. The first-order valence-electron chi connectivity index (χ1n) is 9.02. The molecular weight excluding hydrogens is 400 g/mol. The number of carbonyl (C=O) groups is 1. The van der Waals surface area contributed by atoms with Crippen molar-refractivity contribution < 1.29 is 32.6 Å². The van der Waals surface area contributed by atoms with Gasteiger partial charge in [-0.2, -0.15) is 0 Å². The summed E-state index contributed by atoms with van der Waals surface area (Å²) in [6, 6.07) is 9.34. The molecule has 2 N–H and O–H groups in total. The van der Waals surface area contributed by atoms with Crippen molar-refractivity contribution in [1.29, 1.82) is 0 Å². The number of carbonyl (C=O) groups excluding carboxylic acids is 1. The van der Waals surface area contributed by atoms with Crippen LogP contribution in [0.25, 0.3) is 0 Å². The maximum atomic E-state index is 13.1. The lowest BCUT2D eigenvalue weighted by Crippen LogP contribution is -2.54. The Morgan fingerprint density at radius 1 is 1.10 bits per heavy atom. The molecule has 2 aromatic rings. The van der Waals surface area contributed by atoms with Gasteiger partial charge in [0.15, 0.2) is 14.6 Å². The number of sulfone groups is 1. The average molecular weight is 422 g/mol. The molecule has 9 nitrogen and oxygen atoms in total. The van der Waals surface area contributed by atoms with Gasteiger partial charge in [-0.15, -0.1) is 0 Å². The highest BCUT2D eigenvalue weighted by molar-refractivity contribution is 7.93. The van der Waals surface area contributed by atoms with E-state index in [1.54, 1.807) is 24.5 Å². The van der Waals surface area contributed by atoms with Crippen molar-refractivity contribution in [2.75, 3.05) is 26.4 Å². The Hall–Kier alpha value is -2.69. The van der Waals surface area contributed by atoms with E-state index < -0.39 is 20.5 Å². The molecule has 1 saturated heterocycles. The predicted molar refractivity (Wildman–Crippen MR) is 102 cm³/mol. The van der Waals surface area contributed by atoms with E-state index in [2.05, 4.69) is 4.98 Å². The molecule has 1 amide bonds. The maximum Gasteiger partial charge on any atom is 0.265 e. The predicted octanol–water partition coefficient (Wildman–Crippen LogP) is 1.37. The smallest absolute Gasteiger partial charge is 0.265 e. The van der Waals surface area contributed by atoms with Gasteiger partial charge < -0.3 is 14.2 Å². The second kappa shape index (κ2) is 9.21. The van der Waals surface area contributed by atoms with E-state index >= 15 is 0 Å². The van der Waals surface area contributed by atoms with Crippen LogP contribution in [0.15, 0.2) is 53.7 Å². The Kier molecular flexibility index (Phi) is 6.68. The second-order valence-corrected chi connectivity index (χ2v) is 8.67. The third kappa shape index (κ3) is 4.50. The zero-order valence-corrected chi connectivity index (χ0v) is 16.4. The molecule has 29 heavy (non-hydrogen) atoms. The molecule has 0 saturated carbocycles. The minimum absolute atomic E-state index is 0.0260. The number of amides is 1. The summed E-state index contributed by atoms with van der Waals surface area (Å²) in [5.74, 6) is 0.140. The van der Waals surface area contributed by atoms with Crippen LogP contribution in [0.2, 0.25) is 0 Å². The first-order valence-corrected chi connectivity index (χ1v) is 10.5. The number of aromatic nitrogens is 1. The van der Waals surface area contributed by atoms with Crippen LogP contribution >= 0.6 is 0 Å². The van der Waals surface area contributed by atoms with Gasteiger partial charge in [0.1, 0.15) is 24.7 Å². The van der Waals surface area contributed by atoms with E-state index in [-0.39, 0.29) is 37.6 Å². The van der Waals surface area contributed by atoms with E-state index in [4.69, 9.17) is 19.4 Å². The van der Waals surface area contributed by atoms with Crippen molar-refractivity contribution in [2.45, 2.75) is 22.5 Å². The second-order valence-electron chi connectivity index (χ2n) is 6.41. The highest BCUT2D eigenvalue weighted by atomic mass is 32.2. The monoisotopic (exact) mass is 422 g/mol. The van der Waals surface area contributed by atoms with Gasteiger partial charge >= 0.3 is 0 Å². The summed E-state index contributed by atoms with van der Waals surface area (Å²) in [6.07, 6.45) is 3.17. The summed E-state index contributed by atoms with van der Waals surface area (Å²) < 4.78 is 40.7. The number of hydrogen-bond donors (Lipinski definition) is 2. The van der Waals surface area contributed by atoms with Gasteiger partial charge in [-0.1, -0.05) is 0 Å². The van der Waals surface area contributed by atoms with Gasteiger partial charge in [-0.25, -0.2) is 13.9 Å². The number of rotatable bonds is 8. The molecule has 0 unspecified atom stereocenters. The molecule has 156 valence electrons. The molecular formula is C19H22N2O7S. The van der Waals surface area contributed by atoms with Crippen LogP contribution in [0.1, 0.15) is 12.8 Å². The number of benzene rings is 1. The molecule has 10 heteroatoms. The lowest BCUT2D eigenvalue weighted by Gasteiger charge is -2.34. The van der Waals surface area contributed by atoms with E-state index in [0.717, 1.165) is 0 Å². The number of hydrogen-bond acceptors (Lipinski definition) is 8. The summed E-state index contributed by atoms with van der Waals surface area (Å²) in [4.78, 5) is 16.1. The van der Waals surface area contributed by atoms with Crippen molar-refractivity contribution in [2.24, 2.45) is 0 Å². The molecule has 0 bridgehead atoms. The summed E-state index contributed by atoms with van der Waals surface area (Å²) in [6.45, 7) is 0.788. The molecule has 0 aliphatic carbocycles. The standard InChI is InChI=1S/C19H22N2O7S/c22-18(21-23)19(7-10-26-11-8-19)29(24,25)17-5-3-15(4-6-17)27-12-13-28-16-2-1-9-20-14-16/h1-6,9,14,23H,7-8,10-13H2,(H,21,22). The van der Waals surface area contributed by atoms with Crippen LogP contribution < -0.4 is 15.0 Å². The highest BCUT2D eigenvalue weighted by Crippen LogP contribution is 2.35. The molecule has 1 aliphatic rings. The third-order valence-corrected chi connectivity index (χ3v) is 7.23. The minimum Gasteiger partial charge on any atom is -0.490 e. The van der Waals surface area contributed by atoms with Crippen LogP contribution in [0, 0.1) is 0 Å². The van der Waals surface area contributed by atoms with Crippen LogP contribution in [0.5, 0.6) is 11.5 Å². The third-order valence-electron chi connectivity index (χ3n) is 4.72. The topological polar surface area (TPSA) is 124 Å². The number of hydroxylamine groups is 1. The fourth-order valence-corrected chi connectivity index (χ4v) is 5.05. The lowest BCUT2D eigenvalue weighted by molar-refractivity contribution is -0.134. The summed E-state index contributed by atoms with van der Waals surface area (Å²) in [5, 5.41) is 9.07. The molecule has 1 aromatic heterocycles. The fraction of sp³-hybridized carbons (Fsp3) is 0.368. The normalized spacial score (nSPS) is 16.0. The molecule has 0 radical (unpaired) electrons. The maximum absolute atomic E-state index is 13.1. The molecule has 2 heterocycles. The molecule has 0 atom stereocenters. The lowest BCUT2D eigenvalue weighted by atomic mass is 9.98. The first-order chi connectivity index (χ1) is 14.0. The number of nitrogens with one attached hydrogen (secondary N) is 1. The van der Waals surface area contributed by atoms with Crippen molar-refractivity contribution in [1.82, 2.24) is 10.5 Å². The van der Waals surface area contributed by atoms with E-state index in [0.29, 0.717) is 18.1 Å². The van der Waals surface area contributed by atoms with Gasteiger partial charge in [0.05, 0.1) is 11.1 Å². The number of pyridine rings is 1. The molecule has 1 aliphatic heterocycles. The fourth-order valence-electron chi connectivity index (χ4n) is 3.11. The Labute approximate surface area is 168 Å². The van der Waals surface area contributed by atoms with Crippen molar-refractivity contribution >= 4 is 15.7 Å². The van der Waals surface area contributed by atoms with Crippen molar-refractivity contribution in [3.8, 4) is 11.5 Å². The van der Waals surface area contributed by atoms with Crippen molar-refractivity contribution in [3.05, 3.63) is 48.8 Å². The van der Waals surface area contributed by atoms with Crippen LogP contribution in [-0.4, -0.2) is 55.7 Å². The zero-order valence-electron chi connectivity index (χ0n) is 15.6. The van der Waals surface area contributed by atoms with E-state index in [1.165, 1.54) is 29.7 Å². The summed E-state index contributed by atoms with van der Waals surface area (Å²) >= 11 is 0. The average Bonchev–Trinajstić information content (AvgIpc) is 2.77. The Morgan fingerprint density at radius 2 is 1.76 bits per heavy atom. The van der Waals surface area contributed by atoms with Crippen LogP contribution in [-0.2, 0) is 19.4 Å². The van der Waals surface area contributed by atoms with Gasteiger partial charge in [0.25, 0.3) is 5.91 Å². The van der Waals surface area contributed by atoms with Gasteiger partial charge in [0.2, 0.25) is 0 Å². The number of nitrogens with zero attached hydrogens (tertiary/aromatic N) is 1. The Bertz CT molecular complexity index is 911. The van der Waals surface area contributed by atoms with Gasteiger partial charge in [-0.05, 0) is 49.2 Å². The minimum atomic E-state index is -4.05. The highest BCUT2D eigenvalue weighted by Gasteiger charge is 2.52. The van der Waals surface area contributed by atoms with Gasteiger partial charge in [0, 0.05) is 19.4 Å². The number of ether oxygens (including phenoxy) is 3. The van der Waals surface area contributed by atoms with Crippen LogP contribution in [0.3, 0.4) is 0 Å². The molecule has 1 aromatic carbocycles. The summed E-state index contributed by atoms with van der Waals surface area (Å²) in [7, 11) is -4.05. The first kappa shape index (κ1) is 21.0. The van der Waals surface area contributed by atoms with E-state index in [1.807, 2.05) is 0 Å². The van der Waals surface area contributed by atoms with Crippen LogP contribution in [0.4, 0.5) is 0 Å². The molecule has 3 rings (SSSR count). The summed E-state index contributed by atoms with van der Waals surface area (Å²) in [5.41, 5.74) is 1.49. The van der Waals surface area contributed by atoms with Crippen molar-refractivity contribution in [3.63, 3.8) is 0 Å². The quantitative estimate of drug-likeness (QED) is 0.371. The van der Waals surface area contributed by atoms with E-state index in [9.17, 15) is 13.2 Å².